The molecule has 0 saturated heterocycles. The summed E-state index contributed by atoms with van der Waals surface area (Å²) in [7, 11) is 0. The highest BCUT2D eigenvalue weighted by Gasteiger charge is 2.73. The Balaban J connectivity index is 2.93. The highest BCUT2D eigenvalue weighted by atomic mass is 19.4. The Bertz CT molecular complexity index is 929. The predicted molar refractivity (Wildman–Crippen MR) is 79.0 cm³/mol. The third-order valence-corrected chi connectivity index (χ3v) is 3.87. The quantitative estimate of drug-likeness (QED) is 0.371. The molecule has 156 valence electrons. The van der Waals surface area contributed by atoms with Crippen molar-refractivity contribution in [3.05, 3.63) is 79.4 Å². The van der Waals surface area contributed by atoms with Gasteiger partial charge in [0.2, 0.25) is 17.3 Å². The summed E-state index contributed by atoms with van der Waals surface area (Å²) in [6.45, 7) is 0. The first kappa shape index (κ1) is 22.0. The van der Waals surface area contributed by atoms with Crippen LogP contribution in [0.25, 0.3) is 0 Å². The van der Waals surface area contributed by atoms with Crippen molar-refractivity contribution in [1.29, 1.82) is 0 Å². The zero-order valence-corrected chi connectivity index (χ0v) is 13.5. The smallest absolute Gasteiger partial charge is 0.258 e. The van der Waals surface area contributed by atoms with Gasteiger partial charge in [-0.15, -0.1) is 0 Å². The van der Waals surface area contributed by atoms with Crippen LogP contribution >= 0.6 is 0 Å². The fraction of sp³-hybridized carbons (Fsp3) is 0.200. The van der Waals surface area contributed by atoms with Gasteiger partial charge in [0.15, 0.2) is 0 Å². The van der Waals surface area contributed by atoms with Crippen molar-refractivity contribution >= 4 is 11.4 Å². The van der Waals surface area contributed by atoms with Crippen molar-refractivity contribution in [2.75, 3.05) is 0 Å². The Hall–Kier alpha value is -3.32. The second-order valence-corrected chi connectivity index (χ2v) is 5.58. The molecule has 6 nitrogen and oxygen atoms in total. The van der Waals surface area contributed by atoms with Crippen molar-refractivity contribution < 1.29 is 45.0 Å². The van der Waals surface area contributed by atoms with E-state index in [0.29, 0.717) is 0 Å². The van der Waals surface area contributed by atoms with Gasteiger partial charge in [-0.3, -0.25) is 20.2 Å². The molecule has 0 aliphatic heterocycles. The number of halogens is 8. The van der Waals surface area contributed by atoms with Crippen LogP contribution in [0.15, 0.2) is 36.4 Å². The van der Waals surface area contributed by atoms with Gasteiger partial charge in [-0.2, -0.15) is 30.7 Å². The first-order valence-corrected chi connectivity index (χ1v) is 7.17. The van der Waals surface area contributed by atoms with E-state index in [-0.39, 0.29) is 36.4 Å². The standard InChI is InChI=1S/C15H6F8N2O4/c16-9-3-1-7(5-11(9)24(26)27)13(18,14(19,20)15(21,22)23)8-2-4-10(17)12(6-8)25(28)29/h1-6H. The third-order valence-electron chi connectivity index (χ3n) is 3.87. The molecule has 2 aromatic carbocycles. The van der Waals surface area contributed by atoms with Crippen molar-refractivity contribution in [1.82, 2.24) is 0 Å². The van der Waals surface area contributed by atoms with Crippen molar-refractivity contribution in [3.63, 3.8) is 0 Å². The second-order valence-electron chi connectivity index (χ2n) is 5.58. The first-order valence-electron chi connectivity index (χ1n) is 7.17. The van der Waals surface area contributed by atoms with Gasteiger partial charge in [0.05, 0.1) is 9.85 Å². The number of benzene rings is 2. The van der Waals surface area contributed by atoms with Crippen LogP contribution in [0.1, 0.15) is 11.1 Å². The highest BCUT2D eigenvalue weighted by molar-refractivity contribution is 5.49. The van der Waals surface area contributed by atoms with Crippen LogP contribution in [0.4, 0.5) is 46.5 Å². The summed E-state index contributed by atoms with van der Waals surface area (Å²) in [5, 5.41) is 21.5. The number of nitrogens with zero attached hydrogens (tertiary/aromatic N) is 2. The minimum Gasteiger partial charge on any atom is -0.258 e. The number of nitro benzene ring substituents is 2. The fourth-order valence-electron chi connectivity index (χ4n) is 2.46. The van der Waals surface area contributed by atoms with E-state index in [2.05, 4.69) is 0 Å². The summed E-state index contributed by atoms with van der Waals surface area (Å²) in [5.74, 6) is -9.64. The molecule has 2 rings (SSSR count). The Morgan fingerprint density at radius 1 is 0.690 bits per heavy atom. The Morgan fingerprint density at radius 3 is 1.31 bits per heavy atom. The molecule has 0 saturated carbocycles. The SMILES string of the molecule is O=[N+]([O-])c1cc(C(F)(c2ccc(F)c([N+](=O)[O-])c2)C(F)(F)C(F)(F)F)ccc1F. The van der Waals surface area contributed by atoms with E-state index in [9.17, 15) is 51.0 Å². The molecular weight excluding hydrogens is 424 g/mol. The lowest BCUT2D eigenvalue weighted by Crippen LogP contribution is -2.53. The van der Waals surface area contributed by atoms with E-state index >= 15 is 4.39 Å². The summed E-state index contributed by atoms with van der Waals surface area (Å²) < 4.78 is 110. The van der Waals surface area contributed by atoms with Gasteiger partial charge in [0.1, 0.15) is 0 Å². The molecule has 2 aromatic rings. The summed E-state index contributed by atoms with van der Waals surface area (Å²) >= 11 is 0. The number of alkyl halides is 6. The summed E-state index contributed by atoms with van der Waals surface area (Å²) in [5.41, 5.74) is -11.7. The minimum absolute atomic E-state index is 0.0756. The summed E-state index contributed by atoms with van der Waals surface area (Å²) in [6.07, 6.45) is -6.59. The van der Waals surface area contributed by atoms with Gasteiger partial charge in [-0.1, -0.05) is 12.1 Å². The van der Waals surface area contributed by atoms with Crippen LogP contribution in [0.3, 0.4) is 0 Å². The maximum Gasteiger partial charge on any atom is 0.457 e. The molecule has 0 atom stereocenters. The fourth-order valence-corrected chi connectivity index (χ4v) is 2.46. The number of rotatable bonds is 5. The van der Waals surface area contributed by atoms with Crippen molar-refractivity contribution in [2.24, 2.45) is 0 Å². The minimum atomic E-state index is -6.59. The lowest BCUT2D eigenvalue weighted by atomic mass is 9.81. The molecule has 0 spiro atoms. The molecule has 29 heavy (non-hydrogen) atoms. The molecular formula is C15H6F8N2O4. The van der Waals surface area contributed by atoms with Crippen molar-refractivity contribution in [3.8, 4) is 0 Å². The van der Waals surface area contributed by atoms with E-state index < -0.39 is 61.8 Å². The first-order chi connectivity index (χ1) is 13.1. The Morgan fingerprint density at radius 2 is 1.03 bits per heavy atom. The van der Waals surface area contributed by atoms with Gasteiger partial charge in [-0.25, -0.2) is 4.39 Å². The zero-order valence-electron chi connectivity index (χ0n) is 13.5. The van der Waals surface area contributed by atoms with Crippen LogP contribution in [0, 0.1) is 31.9 Å². The van der Waals surface area contributed by atoms with E-state index in [1.807, 2.05) is 0 Å². The molecule has 14 heteroatoms. The largest absolute Gasteiger partial charge is 0.457 e. The van der Waals surface area contributed by atoms with Crippen LogP contribution in [0.2, 0.25) is 0 Å². The van der Waals surface area contributed by atoms with E-state index in [1.54, 1.807) is 0 Å². The Labute approximate surface area is 154 Å². The van der Waals surface area contributed by atoms with Crippen molar-refractivity contribution in [2.45, 2.75) is 17.8 Å². The topological polar surface area (TPSA) is 86.3 Å². The average molecular weight is 430 g/mol. The zero-order chi connectivity index (χ0) is 22.4. The molecule has 0 aliphatic rings. The number of nitro groups is 2. The van der Waals surface area contributed by atoms with Gasteiger partial charge >= 0.3 is 23.5 Å². The van der Waals surface area contributed by atoms with Crippen LogP contribution in [0.5, 0.6) is 0 Å². The summed E-state index contributed by atoms with van der Waals surface area (Å²) in [4.78, 5) is 18.5. The molecule has 0 aromatic heterocycles. The lowest BCUT2D eigenvalue weighted by molar-refractivity contribution is -0.388. The van der Waals surface area contributed by atoms with E-state index in [1.165, 1.54) is 0 Å². The maximum absolute atomic E-state index is 15.5. The third kappa shape index (κ3) is 3.45. The molecule has 0 amide bonds. The van der Waals surface area contributed by atoms with Crippen LogP contribution < -0.4 is 0 Å². The molecule has 0 fully saturated rings. The number of hydrogen-bond donors (Lipinski definition) is 0. The predicted octanol–water partition coefficient (Wildman–Crippen LogP) is 5.19. The molecule has 0 bridgehead atoms. The second kappa shape index (κ2) is 6.93. The van der Waals surface area contributed by atoms with Gasteiger partial charge in [0, 0.05) is 23.3 Å². The maximum atomic E-state index is 15.5. The van der Waals surface area contributed by atoms with Crippen LogP contribution in [-0.4, -0.2) is 21.9 Å². The number of hydrogen-bond acceptors (Lipinski definition) is 4. The summed E-state index contributed by atoms with van der Waals surface area (Å²) in [6, 6.07) is -0.0962. The van der Waals surface area contributed by atoms with Gasteiger partial charge in [-0.05, 0) is 12.1 Å². The lowest BCUT2D eigenvalue weighted by Gasteiger charge is -2.35. The average Bonchev–Trinajstić information content (AvgIpc) is 2.60. The molecule has 0 radical (unpaired) electrons. The van der Waals surface area contributed by atoms with Gasteiger partial charge < -0.3 is 0 Å². The molecule has 0 heterocycles. The monoisotopic (exact) mass is 430 g/mol. The molecule has 0 N–H and O–H groups in total. The van der Waals surface area contributed by atoms with E-state index in [4.69, 9.17) is 0 Å². The normalized spacial score (nSPS) is 12.7. The van der Waals surface area contributed by atoms with Crippen LogP contribution in [-0.2, 0) is 5.67 Å². The molecule has 0 unspecified atom stereocenters. The Kier molecular flexibility index (Phi) is 5.25. The van der Waals surface area contributed by atoms with E-state index in [0.717, 1.165) is 0 Å². The molecule has 0 aliphatic carbocycles. The highest BCUT2D eigenvalue weighted by Crippen LogP contribution is 2.55. The van der Waals surface area contributed by atoms with Gasteiger partial charge in [0.25, 0.3) is 0 Å².